The standard InChI is InChI=1S/C26H21FN4O3S2/c1-17-5-4-6-18(13-17)15-31-22-8-3-2-7-21(22)25-23(36(31,33)34)14-28-26(30-25)35-16-24(32)29-20-11-9-19(27)10-12-20/h2-14H,15-16H2,1H3,(H,29,32). The summed E-state index contributed by atoms with van der Waals surface area (Å²) in [4.78, 5) is 21.1. The van der Waals surface area contributed by atoms with Gasteiger partial charge in [0.25, 0.3) is 10.0 Å². The number of nitrogens with one attached hydrogen (secondary N) is 1. The average Bonchev–Trinajstić information content (AvgIpc) is 2.87. The summed E-state index contributed by atoms with van der Waals surface area (Å²) in [5, 5.41) is 2.96. The van der Waals surface area contributed by atoms with E-state index in [4.69, 9.17) is 0 Å². The van der Waals surface area contributed by atoms with Crippen LogP contribution >= 0.6 is 11.8 Å². The number of carbonyl (C=O) groups is 1. The zero-order chi connectivity index (χ0) is 25.3. The lowest BCUT2D eigenvalue weighted by molar-refractivity contribution is -0.113. The maximum atomic E-state index is 13.6. The minimum absolute atomic E-state index is 0.00401. The fourth-order valence-electron chi connectivity index (χ4n) is 3.95. The Morgan fingerprint density at radius 2 is 1.83 bits per heavy atom. The quantitative estimate of drug-likeness (QED) is 0.283. The average molecular weight is 521 g/mol. The number of amides is 1. The maximum Gasteiger partial charge on any atom is 0.268 e. The summed E-state index contributed by atoms with van der Waals surface area (Å²) in [7, 11) is -3.91. The lowest BCUT2D eigenvalue weighted by Gasteiger charge is -2.31. The molecule has 10 heteroatoms. The first kappa shape index (κ1) is 24.0. The van der Waals surface area contributed by atoms with Crippen LogP contribution in [0.1, 0.15) is 11.1 Å². The monoisotopic (exact) mass is 520 g/mol. The van der Waals surface area contributed by atoms with E-state index < -0.39 is 15.8 Å². The number of benzene rings is 3. The summed E-state index contributed by atoms with van der Waals surface area (Å²) in [5.74, 6) is -0.702. The van der Waals surface area contributed by atoms with Crippen molar-refractivity contribution in [3.05, 3.63) is 95.9 Å². The molecule has 0 bridgehead atoms. The number of rotatable bonds is 6. The summed E-state index contributed by atoms with van der Waals surface area (Å²) in [6, 6.07) is 20.4. The number of anilines is 2. The molecule has 36 heavy (non-hydrogen) atoms. The van der Waals surface area contributed by atoms with Gasteiger partial charge in [0.2, 0.25) is 5.91 Å². The van der Waals surface area contributed by atoms with Crippen molar-refractivity contribution in [1.29, 1.82) is 0 Å². The highest BCUT2D eigenvalue weighted by molar-refractivity contribution is 7.99. The SMILES string of the molecule is Cc1cccc(CN2c3ccccc3-c3nc(SCC(=O)Nc4ccc(F)cc4)ncc3S2(=O)=O)c1. The van der Waals surface area contributed by atoms with Crippen molar-refractivity contribution in [2.45, 2.75) is 23.5 Å². The molecule has 1 amide bonds. The predicted molar refractivity (Wildman–Crippen MR) is 138 cm³/mol. The Morgan fingerprint density at radius 1 is 1.06 bits per heavy atom. The number of aromatic nitrogens is 2. The van der Waals surface area contributed by atoms with E-state index in [9.17, 15) is 17.6 Å². The van der Waals surface area contributed by atoms with Crippen molar-refractivity contribution in [3.8, 4) is 11.3 Å². The van der Waals surface area contributed by atoms with E-state index in [1.165, 1.54) is 34.8 Å². The molecule has 3 aromatic carbocycles. The molecule has 4 aromatic rings. The number of carbonyl (C=O) groups excluding carboxylic acids is 1. The number of halogens is 1. The van der Waals surface area contributed by atoms with Gasteiger partial charge in [0.1, 0.15) is 10.7 Å². The van der Waals surface area contributed by atoms with Gasteiger partial charge >= 0.3 is 0 Å². The zero-order valence-electron chi connectivity index (χ0n) is 19.2. The Hall–Kier alpha value is -3.76. The van der Waals surface area contributed by atoms with E-state index in [1.807, 2.05) is 43.3 Å². The molecule has 0 unspecified atom stereocenters. The lowest BCUT2D eigenvalue weighted by Crippen LogP contribution is -2.34. The van der Waals surface area contributed by atoms with Gasteiger partial charge in [-0.15, -0.1) is 0 Å². The number of nitrogens with zero attached hydrogens (tertiary/aromatic N) is 3. The van der Waals surface area contributed by atoms with Gasteiger partial charge in [-0.05, 0) is 42.8 Å². The Balaban J connectivity index is 1.41. The Labute approximate surface area is 212 Å². The first-order chi connectivity index (χ1) is 17.3. The fourth-order valence-corrected chi connectivity index (χ4v) is 6.13. The van der Waals surface area contributed by atoms with Gasteiger partial charge < -0.3 is 5.32 Å². The van der Waals surface area contributed by atoms with Crippen molar-refractivity contribution in [3.63, 3.8) is 0 Å². The van der Waals surface area contributed by atoms with E-state index >= 15 is 0 Å². The van der Waals surface area contributed by atoms with Crippen LogP contribution in [0.2, 0.25) is 0 Å². The first-order valence-corrected chi connectivity index (χ1v) is 13.5. The molecule has 0 atom stereocenters. The van der Waals surface area contributed by atoms with Crippen LogP contribution in [0.3, 0.4) is 0 Å². The number of thioether (sulfide) groups is 1. The Kier molecular flexibility index (Phi) is 6.46. The van der Waals surface area contributed by atoms with Crippen LogP contribution in [0.5, 0.6) is 0 Å². The molecule has 7 nitrogen and oxygen atoms in total. The second-order valence-corrected chi connectivity index (χ2v) is 11.0. The third kappa shape index (κ3) is 4.82. The zero-order valence-corrected chi connectivity index (χ0v) is 20.8. The number of hydrogen-bond donors (Lipinski definition) is 1. The topological polar surface area (TPSA) is 92.3 Å². The molecule has 0 aliphatic carbocycles. The molecular formula is C26H21FN4O3S2. The largest absolute Gasteiger partial charge is 0.325 e. The predicted octanol–water partition coefficient (Wildman–Crippen LogP) is 5.03. The second-order valence-electron chi connectivity index (χ2n) is 8.23. The van der Waals surface area contributed by atoms with E-state index in [2.05, 4.69) is 15.3 Å². The molecule has 1 aliphatic rings. The van der Waals surface area contributed by atoms with Crippen LogP contribution in [0.15, 0.2) is 89.0 Å². The summed E-state index contributed by atoms with van der Waals surface area (Å²) >= 11 is 1.09. The molecule has 182 valence electrons. The van der Waals surface area contributed by atoms with Crippen molar-refractivity contribution in [1.82, 2.24) is 9.97 Å². The van der Waals surface area contributed by atoms with Crippen LogP contribution < -0.4 is 9.62 Å². The minimum atomic E-state index is -3.91. The van der Waals surface area contributed by atoms with E-state index in [1.54, 1.807) is 12.1 Å². The normalized spacial score (nSPS) is 13.6. The Morgan fingerprint density at radius 3 is 2.61 bits per heavy atom. The highest BCUT2D eigenvalue weighted by atomic mass is 32.2. The number of para-hydroxylation sites is 1. The van der Waals surface area contributed by atoms with Crippen LogP contribution in [-0.2, 0) is 21.4 Å². The van der Waals surface area contributed by atoms with Crippen molar-refractivity contribution < 1.29 is 17.6 Å². The highest BCUT2D eigenvalue weighted by Gasteiger charge is 2.36. The molecule has 0 saturated heterocycles. The third-order valence-corrected chi connectivity index (χ3v) is 8.22. The van der Waals surface area contributed by atoms with Crippen molar-refractivity contribution in [2.24, 2.45) is 0 Å². The van der Waals surface area contributed by atoms with Crippen LogP contribution in [0.4, 0.5) is 15.8 Å². The Bertz CT molecular complexity index is 1560. The van der Waals surface area contributed by atoms with Gasteiger partial charge in [0.15, 0.2) is 5.16 Å². The fraction of sp³-hybridized carbons (Fsp3) is 0.115. The highest BCUT2D eigenvalue weighted by Crippen LogP contribution is 2.42. The minimum Gasteiger partial charge on any atom is -0.325 e. The summed E-state index contributed by atoms with van der Waals surface area (Å²) in [6.45, 7) is 2.14. The van der Waals surface area contributed by atoms with E-state index in [0.717, 1.165) is 22.9 Å². The van der Waals surface area contributed by atoms with E-state index in [0.29, 0.717) is 22.6 Å². The second kappa shape index (κ2) is 9.71. The number of hydrogen-bond acceptors (Lipinski definition) is 6. The number of aryl methyl sites for hydroxylation is 1. The van der Waals surface area contributed by atoms with E-state index in [-0.39, 0.29) is 28.3 Å². The molecule has 0 radical (unpaired) electrons. The summed E-state index contributed by atoms with van der Waals surface area (Å²) < 4.78 is 41.7. The van der Waals surface area contributed by atoms with Gasteiger partial charge in [0, 0.05) is 11.3 Å². The van der Waals surface area contributed by atoms with Crippen LogP contribution in [0, 0.1) is 12.7 Å². The molecule has 1 N–H and O–H groups in total. The molecule has 0 saturated carbocycles. The third-order valence-electron chi connectivity index (χ3n) is 5.60. The van der Waals surface area contributed by atoms with Gasteiger partial charge in [-0.3, -0.25) is 9.10 Å². The molecule has 0 spiro atoms. The van der Waals surface area contributed by atoms with Gasteiger partial charge in [0.05, 0.1) is 29.9 Å². The summed E-state index contributed by atoms with van der Waals surface area (Å²) in [6.07, 6.45) is 1.30. The van der Waals surface area contributed by atoms with Gasteiger partial charge in [-0.1, -0.05) is 59.8 Å². The lowest BCUT2D eigenvalue weighted by atomic mass is 10.1. The number of sulfonamides is 1. The molecule has 2 heterocycles. The summed E-state index contributed by atoms with van der Waals surface area (Å²) in [5.41, 5.74) is 3.91. The molecule has 1 aromatic heterocycles. The van der Waals surface area contributed by atoms with Gasteiger partial charge in [-0.25, -0.2) is 22.8 Å². The van der Waals surface area contributed by atoms with Crippen LogP contribution in [0.25, 0.3) is 11.3 Å². The molecule has 5 rings (SSSR count). The maximum absolute atomic E-state index is 13.6. The molecule has 1 aliphatic heterocycles. The smallest absolute Gasteiger partial charge is 0.268 e. The molecular weight excluding hydrogens is 499 g/mol. The van der Waals surface area contributed by atoms with Gasteiger partial charge in [-0.2, -0.15) is 0 Å². The first-order valence-electron chi connectivity index (χ1n) is 11.0. The molecule has 0 fully saturated rings. The van der Waals surface area contributed by atoms with Crippen LogP contribution in [-0.4, -0.2) is 30.0 Å². The van der Waals surface area contributed by atoms with Crippen molar-refractivity contribution in [2.75, 3.05) is 15.4 Å². The number of fused-ring (bicyclic) bond motifs is 3. The van der Waals surface area contributed by atoms with Crippen molar-refractivity contribution >= 4 is 39.1 Å².